The average molecular weight is 259 g/mol. The molecule has 0 aromatic heterocycles. The van der Waals surface area contributed by atoms with Crippen LogP contribution in [0.2, 0.25) is 0 Å². The first-order chi connectivity index (χ1) is 7.99. The van der Waals surface area contributed by atoms with Crippen molar-refractivity contribution >= 4 is 23.5 Å². The highest BCUT2D eigenvalue weighted by molar-refractivity contribution is 7.98. The number of nitrogens with zero attached hydrogens (tertiary/aromatic N) is 2. The molecule has 6 heteroatoms. The topological polar surface area (TPSA) is 78.9 Å². The lowest BCUT2D eigenvalue weighted by Crippen LogP contribution is -2.45. The molecule has 1 unspecified atom stereocenters. The van der Waals surface area contributed by atoms with E-state index in [1.165, 1.54) is 0 Å². The van der Waals surface area contributed by atoms with Gasteiger partial charge in [0.2, 0.25) is 5.91 Å². The molecule has 1 fully saturated rings. The van der Waals surface area contributed by atoms with E-state index in [0.29, 0.717) is 12.8 Å². The molecule has 1 aliphatic carbocycles. The molecule has 98 valence electrons. The van der Waals surface area contributed by atoms with Gasteiger partial charge in [0, 0.05) is 13.1 Å². The van der Waals surface area contributed by atoms with Crippen LogP contribution in [0, 0.1) is 5.41 Å². The normalized spacial score (nSPS) is 19.8. The van der Waals surface area contributed by atoms with Crippen LogP contribution in [0.4, 0.5) is 0 Å². The van der Waals surface area contributed by atoms with E-state index >= 15 is 0 Å². The number of thioether (sulfide) groups is 1. The van der Waals surface area contributed by atoms with Crippen molar-refractivity contribution in [2.75, 3.05) is 19.1 Å². The van der Waals surface area contributed by atoms with Gasteiger partial charge in [0.15, 0.2) is 5.84 Å². The molecule has 0 spiro atoms. The first-order valence-corrected chi connectivity index (χ1v) is 7.13. The van der Waals surface area contributed by atoms with Crippen LogP contribution in [0.15, 0.2) is 5.16 Å². The zero-order chi connectivity index (χ0) is 13.1. The smallest absolute Gasteiger partial charge is 0.236 e. The van der Waals surface area contributed by atoms with Crippen LogP contribution in [-0.4, -0.2) is 46.9 Å². The molecule has 1 aliphatic rings. The molecule has 1 amide bonds. The van der Waals surface area contributed by atoms with Gasteiger partial charge >= 0.3 is 0 Å². The molecule has 0 aliphatic heterocycles. The predicted octanol–water partition coefficient (Wildman–Crippen LogP) is 1.11. The van der Waals surface area contributed by atoms with Gasteiger partial charge in [-0.25, -0.2) is 0 Å². The second-order valence-electron chi connectivity index (χ2n) is 4.61. The van der Waals surface area contributed by atoms with Gasteiger partial charge in [0.05, 0.1) is 0 Å². The number of hydrogen-bond donors (Lipinski definition) is 2. The van der Waals surface area contributed by atoms with E-state index in [1.807, 2.05) is 13.2 Å². The summed E-state index contributed by atoms with van der Waals surface area (Å²) in [7, 11) is 1.79. The molecular weight excluding hydrogens is 238 g/mol. The van der Waals surface area contributed by atoms with Crippen molar-refractivity contribution in [3.05, 3.63) is 0 Å². The molecule has 0 aromatic rings. The fourth-order valence-electron chi connectivity index (χ4n) is 1.82. The lowest BCUT2D eigenvalue weighted by atomic mass is 10.0. The van der Waals surface area contributed by atoms with E-state index in [4.69, 9.17) is 10.9 Å². The van der Waals surface area contributed by atoms with Gasteiger partial charge in [-0.1, -0.05) is 5.16 Å². The zero-order valence-corrected chi connectivity index (χ0v) is 11.5. The fraction of sp³-hybridized carbons (Fsp3) is 0.818. The van der Waals surface area contributed by atoms with Crippen molar-refractivity contribution in [2.24, 2.45) is 16.3 Å². The Hall–Kier alpha value is -0.910. The van der Waals surface area contributed by atoms with Crippen LogP contribution in [0.5, 0.6) is 0 Å². The number of hydrogen-bond acceptors (Lipinski definition) is 4. The molecule has 5 nitrogen and oxygen atoms in total. The van der Waals surface area contributed by atoms with E-state index in [2.05, 4.69) is 5.16 Å². The van der Waals surface area contributed by atoms with Crippen molar-refractivity contribution in [3.8, 4) is 0 Å². The lowest BCUT2D eigenvalue weighted by molar-refractivity contribution is -0.135. The van der Waals surface area contributed by atoms with E-state index in [-0.39, 0.29) is 17.8 Å². The summed E-state index contributed by atoms with van der Waals surface area (Å²) in [6, 6.07) is 0.180. The van der Waals surface area contributed by atoms with Crippen LogP contribution in [-0.2, 0) is 4.79 Å². The number of nitrogens with two attached hydrogens (primary N) is 1. The molecular formula is C11H21N3O2S. The molecule has 0 saturated heterocycles. The van der Waals surface area contributed by atoms with E-state index in [1.54, 1.807) is 23.7 Å². The van der Waals surface area contributed by atoms with E-state index < -0.39 is 5.41 Å². The second-order valence-corrected chi connectivity index (χ2v) is 5.60. The van der Waals surface area contributed by atoms with Crippen molar-refractivity contribution in [1.29, 1.82) is 0 Å². The second kappa shape index (κ2) is 5.62. The minimum absolute atomic E-state index is 0.0265. The maximum Gasteiger partial charge on any atom is 0.236 e. The Balaban J connectivity index is 2.64. The number of carbonyl (C=O) groups is 1. The Morgan fingerprint density at radius 1 is 1.65 bits per heavy atom. The first-order valence-electron chi connectivity index (χ1n) is 5.74. The number of amidine groups is 1. The Bertz CT molecular complexity index is 316. The Morgan fingerprint density at radius 2 is 2.24 bits per heavy atom. The van der Waals surface area contributed by atoms with E-state index in [0.717, 1.165) is 12.2 Å². The largest absolute Gasteiger partial charge is 0.409 e. The summed E-state index contributed by atoms with van der Waals surface area (Å²) in [5.41, 5.74) is 4.88. The predicted molar refractivity (Wildman–Crippen MR) is 70.3 cm³/mol. The van der Waals surface area contributed by atoms with Crippen LogP contribution in [0.25, 0.3) is 0 Å². The molecule has 1 atom stereocenters. The van der Waals surface area contributed by atoms with Crippen molar-refractivity contribution in [2.45, 2.75) is 32.2 Å². The Kier molecular flexibility index (Phi) is 4.68. The fourth-order valence-corrected chi connectivity index (χ4v) is 2.40. The van der Waals surface area contributed by atoms with E-state index in [9.17, 15) is 4.79 Å². The van der Waals surface area contributed by atoms with Crippen LogP contribution in [0.1, 0.15) is 26.2 Å². The third kappa shape index (κ3) is 2.86. The SMILES string of the molecule is CSCCC(C)N(C)C(=O)C1(C(N)=NO)CC1. The maximum atomic E-state index is 12.3. The van der Waals surface area contributed by atoms with Gasteiger partial charge in [-0.15, -0.1) is 0 Å². The Morgan fingerprint density at radius 3 is 2.65 bits per heavy atom. The molecule has 3 N–H and O–H groups in total. The third-order valence-corrected chi connectivity index (χ3v) is 4.12. The summed E-state index contributed by atoms with van der Waals surface area (Å²) >= 11 is 1.77. The first kappa shape index (κ1) is 14.2. The van der Waals surface area contributed by atoms with Gasteiger partial charge in [-0.05, 0) is 38.2 Å². The number of rotatable bonds is 6. The van der Waals surface area contributed by atoms with Gasteiger partial charge in [-0.3, -0.25) is 4.79 Å². The standard InChI is InChI=1S/C11H21N3O2S/c1-8(4-7-17-3)14(2)10(15)11(5-6-11)9(12)13-16/h8,16H,4-7H2,1-3H3,(H2,12,13). The van der Waals surface area contributed by atoms with Crippen LogP contribution >= 0.6 is 11.8 Å². The minimum Gasteiger partial charge on any atom is -0.409 e. The molecule has 1 rings (SSSR count). The minimum atomic E-state index is -0.725. The van der Waals surface area contributed by atoms with Crippen LogP contribution in [0.3, 0.4) is 0 Å². The highest BCUT2D eigenvalue weighted by Gasteiger charge is 2.55. The molecule has 0 heterocycles. The third-order valence-electron chi connectivity index (χ3n) is 3.48. The molecule has 0 bridgehead atoms. The number of oxime groups is 1. The zero-order valence-electron chi connectivity index (χ0n) is 10.6. The monoisotopic (exact) mass is 259 g/mol. The van der Waals surface area contributed by atoms with Gasteiger partial charge in [-0.2, -0.15) is 11.8 Å². The quantitative estimate of drug-likeness (QED) is 0.324. The summed E-state index contributed by atoms with van der Waals surface area (Å²) in [6.45, 7) is 2.02. The van der Waals surface area contributed by atoms with Crippen molar-refractivity contribution in [3.63, 3.8) is 0 Å². The molecule has 0 aromatic carbocycles. The molecule has 0 radical (unpaired) electrons. The van der Waals surface area contributed by atoms with Crippen molar-refractivity contribution in [1.82, 2.24) is 4.90 Å². The highest BCUT2D eigenvalue weighted by Crippen LogP contribution is 2.47. The van der Waals surface area contributed by atoms with Crippen molar-refractivity contribution < 1.29 is 10.0 Å². The summed E-state index contributed by atoms with van der Waals surface area (Å²) in [4.78, 5) is 14.0. The number of amides is 1. The van der Waals surface area contributed by atoms with Crippen LogP contribution < -0.4 is 5.73 Å². The number of carbonyl (C=O) groups excluding carboxylic acids is 1. The summed E-state index contributed by atoms with van der Waals surface area (Å²) in [5, 5.41) is 11.7. The lowest BCUT2D eigenvalue weighted by Gasteiger charge is -2.28. The highest BCUT2D eigenvalue weighted by atomic mass is 32.2. The molecule has 17 heavy (non-hydrogen) atoms. The summed E-state index contributed by atoms with van der Waals surface area (Å²) in [5.74, 6) is 1.04. The van der Waals surface area contributed by atoms with Gasteiger partial charge in [0.1, 0.15) is 5.41 Å². The summed E-state index contributed by atoms with van der Waals surface area (Å²) < 4.78 is 0. The van der Waals surface area contributed by atoms with Gasteiger partial charge in [0.25, 0.3) is 0 Å². The van der Waals surface area contributed by atoms with Gasteiger partial charge < -0.3 is 15.8 Å². The maximum absolute atomic E-state index is 12.3. The summed E-state index contributed by atoms with van der Waals surface area (Å²) in [6.07, 6.45) is 4.37. The average Bonchev–Trinajstić information content (AvgIpc) is 3.14. The Labute approximate surface area is 106 Å². The molecule has 1 saturated carbocycles.